The Morgan fingerprint density at radius 3 is 2.33 bits per heavy atom. The van der Waals surface area contributed by atoms with Gasteiger partial charge in [-0.3, -0.25) is 4.79 Å². The Morgan fingerprint density at radius 1 is 1.33 bits per heavy atom. The highest BCUT2D eigenvalue weighted by atomic mass is 16.5. The quantitative estimate of drug-likeness (QED) is 0.702. The van der Waals surface area contributed by atoms with E-state index in [4.69, 9.17) is 4.74 Å². The largest absolute Gasteiger partial charge is 0.381 e. The number of hydrogen-bond donors (Lipinski definition) is 0. The van der Waals surface area contributed by atoms with E-state index in [2.05, 4.69) is 20.8 Å². The van der Waals surface area contributed by atoms with Crippen LogP contribution < -0.4 is 0 Å². The second-order valence-electron chi connectivity index (χ2n) is 5.38. The molecule has 0 radical (unpaired) electrons. The Morgan fingerprint density at radius 2 is 1.87 bits per heavy atom. The molecule has 0 atom stereocenters. The smallest absolute Gasteiger partial charge is 0.223 e. The molecular formula is C12H23NO2. The summed E-state index contributed by atoms with van der Waals surface area (Å²) in [4.78, 5) is 13.8. The third kappa shape index (κ3) is 3.82. The minimum Gasteiger partial charge on any atom is -0.381 e. The fraction of sp³-hybridized carbons (Fsp3) is 0.917. The van der Waals surface area contributed by atoms with Gasteiger partial charge in [0.1, 0.15) is 0 Å². The monoisotopic (exact) mass is 213 g/mol. The van der Waals surface area contributed by atoms with Crippen molar-refractivity contribution in [3.05, 3.63) is 0 Å². The fourth-order valence-electron chi connectivity index (χ4n) is 1.71. The van der Waals surface area contributed by atoms with Gasteiger partial charge in [-0.15, -0.1) is 0 Å². The molecule has 0 aliphatic carbocycles. The number of hydrogen-bond acceptors (Lipinski definition) is 2. The van der Waals surface area contributed by atoms with Crippen LogP contribution in [0, 0.1) is 5.92 Å². The summed E-state index contributed by atoms with van der Waals surface area (Å²) < 4.78 is 5.28. The molecule has 0 bridgehead atoms. The molecule has 1 amide bonds. The number of carbonyl (C=O) groups is 1. The Hall–Kier alpha value is -0.570. The van der Waals surface area contributed by atoms with Crippen LogP contribution in [0.4, 0.5) is 0 Å². The molecule has 1 aliphatic heterocycles. The summed E-state index contributed by atoms with van der Waals surface area (Å²) in [6.45, 7) is 7.83. The lowest BCUT2D eigenvalue weighted by atomic mass is 9.95. The molecule has 0 aromatic rings. The van der Waals surface area contributed by atoms with Gasteiger partial charge in [0.05, 0.1) is 0 Å². The first-order chi connectivity index (χ1) is 6.91. The average molecular weight is 213 g/mol. The number of ether oxygens (including phenoxy) is 1. The number of nitrogens with zero attached hydrogens (tertiary/aromatic N) is 1. The van der Waals surface area contributed by atoms with E-state index >= 15 is 0 Å². The van der Waals surface area contributed by atoms with Crippen molar-refractivity contribution in [3.63, 3.8) is 0 Å². The SMILES string of the molecule is CN(C(=O)CC1CCOCC1)C(C)(C)C. The van der Waals surface area contributed by atoms with Gasteiger partial charge in [-0.2, -0.15) is 0 Å². The maximum atomic E-state index is 11.9. The van der Waals surface area contributed by atoms with Crippen molar-refractivity contribution in [3.8, 4) is 0 Å². The fourth-order valence-corrected chi connectivity index (χ4v) is 1.71. The summed E-state index contributed by atoms with van der Waals surface area (Å²) in [6.07, 6.45) is 2.74. The van der Waals surface area contributed by atoms with Gasteiger partial charge in [-0.05, 0) is 39.5 Å². The van der Waals surface area contributed by atoms with Crippen molar-refractivity contribution in [1.29, 1.82) is 0 Å². The van der Waals surface area contributed by atoms with Gasteiger partial charge in [0.15, 0.2) is 0 Å². The van der Waals surface area contributed by atoms with E-state index < -0.39 is 0 Å². The van der Waals surface area contributed by atoms with Crippen LogP contribution in [0.25, 0.3) is 0 Å². The Balaban J connectivity index is 2.40. The van der Waals surface area contributed by atoms with Crippen LogP contribution in [-0.4, -0.2) is 36.6 Å². The second-order valence-corrected chi connectivity index (χ2v) is 5.38. The second kappa shape index (κ2) is 4.97. The minimum absolute atomic E-state index is 0.0672. The molecule has 0 N–H and O–H groups in total. The van der Waals surface area contributed by atoms with E-state index in [9.17, 15) is 4.79 Å². The first kappa shape index (κ1) is 12.5. The highest BCUT2D eigenvalue weighted by Crippen LogP contribution is 2.21. The van der Waals surface area contributed by atoms with E-state index in [0.717, 1.165) is 26.1 Å². The third-order valence-electron chi connectivity index (χ3n) is 3.18. The molecule has 1 fully saturated rings. The zero-order valence-corrected chi connectivity index (χ0v) is 10.4. The predicted molar refractivity (Wildman–Crippen MR) is 60.7 cm³/mol. The molecular weight excluding hydrogens is 190 g/mol. The van der Waals surface area contributed by atoms with Crippen molar-refractivity contribution < 1.29 is 9.53 Å². The molecule has 0 spiro atoms. The Kier molecular flexibility index (Phi) is 4.14. The normalized spacial score (nSPS) is 18.9. The van der Waals surface area contributed by atoms with Crippen LogP contribution in [0.2, 0.25) is 0 Å². The molecule has 0 saturated carbocycles. The van der Waals surface area contributed by atoms with Crippen molar-refractivity contribution >= 4 is 5.91 Å². The van der Waals surface area contributed by atoms with Crippen molar-refractivity contribution in [1.82, 2.24) is 4.90 Å². The van der Waals surface area contributed by atoms with Crippen molar-refractivity contribution in [2.45, 2.75) is 45.6 Å². The molecule has 1 saturated heterocycles. The summed E-state index contributed by atoms with van der Waals surface area (Å²) in [5.41, 5.74) is -0.0672. The van der Waals surface area contributed by atoms with E-state index in [1.165, 1.54) is 0 Å². The van der Waals surface area contributed by atoms with Gasteiger partial charge in [-0.1, -0.05) is 0 Å². The van der Waals surface area contributed by atoms with Gasteiger partial charge in [0.25, 0.3) is 0 Å². The lowest BCUT2D eigenvalue weighted by Crippen LogP contribution is -2.43. The van der Waals surface area contributed by atoms with Crippen LogP contribution in [0.3, 0.4) is 0 Å². The molecule has 1 aliphatic rings. The summed E-state index contributed by atoms with van der Waals surface area (Å²) in [5, 5.41) is 0. The molecule has 3 heteroatoms. The first-order valence-corrected chi connectivity index (χ1v) is 5.75. The molecule has 1 rings (SSSR count). The molecule has 88 valence electrons. The van der Waals surface area contributed by atoms with Crippen LogP contribution in [0.5, 0.6) is 0 Å². The van der Waals surface area contributed by atoms with Gasteiger partial charge in [0, 0.05) is 32.2 Å². The molecule has 0 unspecified atom stereocenters. The Labute approximate surface area is 92.8 Å². The molecule has 0 aromatic heterocycles. The number of rotatable bonds is 2. The summed E-state index contributed by atoms with van der Waals surface area (Å²) in [6, 6.07) is 0. The van der Waals surface area contributed by atoms with Gasteiger partial charge in [-0.25, -0.2) is 0 Å². The predicted octanol–water partition coefficient (Wildman–Crippen LogP) is 2.06. The van der Waals surface area contributed by atoms with Gasteiger partial charge in [0.2, 0.25) is 5.91 Å². The third-order valence-corrected chi connectivity index (χ3v) is 3.18. The molecule has 15 heavy (non-hydrogen) atoms. The van der Waals surface area contributed by atoms with E-state index in [1.54, 1.807) is 0 Å². The summed E-state index contributed by atoms with van der Waals surface area (Å²) in [7, 11) is 1.89. The Bertz CT molecular complexity index is 214. The van der Waals surface area contributed by atoms with E-state index in [-0.39, 0.29) is 11.4 Å². The summed E-state index contributed by atoms with van der Waals surface area (Å²) >= 11 is 0. The minimum atomic E-state index is -0.0672. The van der Waals surface area contributed by atoms with Crippen LogP contribution in [0.15, 0.2) is 0 Å². The molecule has 0 aromatic carbocycles. The maximum absolute atomic E-state index is 11.9. The van der Waals surface area contributed by atoms with Crippen LogP contribution >= 0.6 is 0 Å². The average Bonchev–Trinajstić information content (AvgIpc) is 2.16. The number of carbonyl (C=O) groups excluding carboxylic acids is 1. The van der Waals surface area contributed by atoms with Crippen molar-refractivity contribution in [2.24, 2.45) is 5.92 Å². The molecule has 3 nitrogen and oxygen atoms in total. The van der Waals surface area contributed by atoms with Crippen LogP contribution in [0.1, 0.15) is 40.0 Å². The zero-order valence-electron chi connectivity index (χ0n) is 10.4. The standard InChI is InChI=1S/C12H23NO2/c1-12(2,3)13(4)11(14)9-10-5-7-15-8-6-10/h10H,5-9H2,1-4H3. The first-order valence-electron chi connectivity index (χ1n) is 5.75. The van der Waals surface area contributed by atoms with Gasteiger partial charge >= 0.3 is 0 Å². The van der Waals surface area contributed by atoms with Crippen molar-refractivity contribution in [2.75, 3.05) is 20.3 Å². The lowest BCUT2D eigenvalue weighted by Gasteiger charge is -2.33. The van der Waals surface area contributed by atoms with Gasteiger partial charge < -0.3 is 9.64 Å². The topological polar surface area (TPSA) is 29.5 Å². The zero-order chi connectivity index (χ0) is 11.5. The molecule has 1 heterocycles. The lowest BCUT2D eigenvalue weighted by molar-refractivity contribution is -0.135. The summed E-state index contributed by atoms with van der Waals surface area (Å²) in [5.74, 6) is 0.783. The maximum Gasteiger partial charge on any atom is 0.223 e. The number of amides is 1. The van der Waals surface area contributed by atoms with E-state index in [0.29, 0.717) is 12.3 Å². The highest BCUT2D eigenvalue weighted by molar-refractivity contribution is 5.76. The van der Waals surface area contributed by atoms with Crippen LogP contribution in [-0.2, 0) is 9.53 Å². The highest BCUT2D eigenvalue weighted by Gasteiger charge is 2.25. The van der Waals surface area contributed by atoms with E-state index in [1.807, 2.05) is 11.9 Å².